The third-order valence-corrected chi connectivity index (χ3v) is 4.91. The maximum Gasteiger partial charge on any atom is 0.0107 e. The largest absolute Gasteiger partial charge is 0.315 e. The number of nitrogens with zero attached hydrogens (tertiary/aromatic N) is 1. The van der Waals surface area contributed by atoms with Gasteiger partial charge >= 0.3 is 0 Å². The normalized spacial score (nSPS) is 28.9. The van der Waals surface area contributed by atoms with E-state index < -0.39 is 0 Å². The highest BCUT2D eigenvalue weighted by atomic mass is 15.1. The second kappa shape index (κ2) is 7.44. The molecule has 0 aromatic heterocycles. The van der Waals surface area contributed by atoms with Gasteiger partial charge in [-0.25, -0.2) is 0 Å². The third-order valence-electron chi connectivity index (χ3n) is 4.91. The summed E-state index contributed by atoms with van der Waals surface area (Å²) in [7, 11) is 2.30. The molecule has 0 heterocycles. The van der Waals surface area contributed by atoms with Gasteiger partial charge < -0.3 is 10.2 Å². The molecule has 1 fully saturated rings. The molecule has 0 spiro atoms. The monoisotopic (exact) mass is 264 g/mol. The van der Waals surface area contributed by atoms with E-state index in [9.17, 15) is 0 Å². The molecule has 0 amide bonds. The van der Waals surface area contributed by atoms with Crippen LogP contribution in [0.4, 0.5) is 0 Å². The van der Waals surface area contributed by atoms with Crippen molar-refractivity contribution in [2.24, 2.45) is 11.8 Å². The summed E-state index contributed by atoms with van der Waals surface area (Å²) in [5, 5.41) is 3.68. The van der Waals surface area contributed by atoms with E-state index in [0.717, 1.165) is 24.4 Å². The van der Waals surface area contributed by atoms with Gasteiger partial charge in [0, 0.05) is 19.1 Å². The Hall–Kier alpha value is -0.340. The SMILES string of the molecule is CC1=CC(C)CC(CNCCN(C)C2CCCC2)C1. The van der Waals surface area contributed by atoms with Crippen molar-refractivity contribution in [2.75, 3.05) is 26.7 Å². The van der Waals surface area contributed by atoms with Gasteiger partial charge in [-0.2, -0.15) is 0 Å². The van der Waals surface area contributed by atoms with Crippen LogP contribution in [0.15, 0.2) is 11.6 Å². The summed E-state index contributed by atoms with van der Waals surface area (Å²) in [5.41, 5.74) is 1.59. The first-order valence-electron chi connectivity index (χ1n) is 8.23. The molecule has 2 aliphatic carbocycles. The van der Waals surface area contributed by atoms with Gasteiger partial charge in [-0.15, -0.1) is 0 Å². The Morgan fingerprint density at radius 3 is 2.74 bits per heavy atom. The molecule has 2 heteroatoms. The lowest BCUT2D eigenvalue weighted by Gasteiger charge is -2.27. The van der Waals surface area contributed by atoms with E-state index in [1.807, 2.05) is 0 Å². The fraction of sp³-hybridized carbons (Fsp3) is 0.882. The smallest absolute Gasteiger partial charge is 0.0107 e. The predicted octanol–water partition coefficient (Wildman–Crippen LogP) is 3.44. The van der Waals surface area contributed by atoms with Crippen LogP contribution in [0.5, 0.6) is 0 Å². The Morgan fingerprint density at radius 2 is 2.05 bits per heavy atom. The van der Waals surface area contributed by atoms with E-state index in [0.29, 0.717) is 0 Å². The maximum absolute atomic E-state index is 3.68. The number of rotatable bonds is 6. The fourth-order valence-corrected chi connectivity index (χ4v) is 3.93. The minimum atomic E-state index is 0.779. The van der Waals surface area contributed by atoms with E-state index in [1.165, 1.54) is 51.6 Å². The Bertz CT molecular complexity index is 292. The second-order valence-electron chi connectivity index (χ2n) is 6.92. The van der Waals surface area contributed by atoms with Crippen molar-refractivity contribution in [3.05, 3.63) is 11.6 Å². The summed E-state index contributed by atoms with van der Waals surface area (Å²) in [6.07, 6.45) is 10.8. The Balaban J connectivity index is 1.58. The van der Waals surface area contributed by atoms with E-state index in [2.05, 4.69) is 37.2 Å². The van der Waals surface area contributed by atoms with E-state index in [1.54, 1.807) is 5.57 Å². The quantitative estimate of drug-likeness (QED) is 0.584. The lowest BCUT2D eigenvalue weighted by Crippen LogP contribution is -2.37. The van der Waals surface area contributed by atoms with Crippen LogP contribution in [0, 0.1) is 11.8 Å². The summed E-state index contributed by atoms with van der Waals surface area (Å²) in [6.45, 7) is 8.20. The zero-order valence-electron chi connectivity index (χ0n) is 13.1. The van der Waals surface area contributed by atoms with Gasteiger partial charge in [0.25, 0.3) is 0 Å². The summed E-state index contributed by atoms with van der Waals surface area (Å²) < 4.78 is 0. The van der Waals surface area contributed by atoms with Gasteiger partial charge in [-0.1, -0.05) is 31.4 Å². The van der Waals surface area contributed by atoms with Crippen molar-refractivity contribution < 1.29 is 0 Å². The lowest BCUT2D eigenvalue weighted by atomic mass is 9.84. The standard InChI is InChI=1S/C17H32N2/c1-14-10-15(2)12-16(11-14)13-18-8-9-19(3)17-6-4-5-7-17/h10,14,16-18H,4-9,11-13H2,1-3H3. The average molecular weight is 264 g/mol. The first-order chi connectivity index (χ1) is 9.15. The first-order valence-corrected chi connectivity index (χ1v) is 8.23. The van der Waals surface area contributed by atoms with E-state index in [4.69, 9.17) is 0 Å². The zero-order chi connectivity index (χ0) is 13.7. The van der Waals surface area contributed by atoms with E-state index in [-0.39, 0.29) is 0 Å². The molecule has 0 aromatic carbocycles. The molecule has 0 radical (unpaired) electrons. The van der Waals surface area contributed by atoms with Crippen molar-refractivity contribution in [3.63, 3.8) is 0 Å². The van der Waals surface area contributed by atoms with Crippen LogP contribution in [0.3, 0.4) is 0 Å². The van der Waals surface area contributed by atoms with Crippen LogP contribution in [0.1, 0.15) is 52.4 Å². The molecule has 1 saturated carbocycles. The van der Waals surface area contributed by atoms with Crippen LogP contribution in [-0.4, -0.2) is 37.6 Å². The Kier molecular flexibility index (Phi) is 5.90. The summed E-state index contributed by atoms with van der Waals surface area (Å²) in [6, 6.07) is 0.863. The summed E-state index contributed by atoms with van der Waals surface area (Å²) in [4.78, 5) is 2.56. The topological polar surface area (TPSA) is 15.3 Å². The maximum atomic E-state index is 3.68. The molecular weight excluding hydrogens is 232 g/mol. The van der Waals surface area contributed by atoms with Crippen LogP contribution in [0.2, 0.25) is 0 Å². The molecular formula is C17H32N2. The molecule has 2 nitrogen and oxygen atoms in total. The van der Waals surface area contributed by atoms with E-state index >= 15 is 0 Å². The number of likely N-dealkylation sites (N-methyl/N-ethyl adjacent to an activating group) is 1. The highest BCUT2D eigenvalue weighted by molar-refractivity contribution is 5.06. The fourth-order valence-electron chi connectivity index (χ4n) is 3.93. The van der Waals surface area contributed by atoms with Crippen molar-refractivity contribution in [1.29, 1.82) is 0 Å². The van der Waals surface area contributed by atoms with Gasteiger partial charge in [0.1, 0.15) is 0 Å². The minimum absolute atomic E-state index is 0.779. The zero-order valence-corrected chi connectivity index (χ0v) is 13.1. The van der Waals surface area contributed by atoms with Crippen LogP contribution in [0.25, 0.3) is 0 Å². The van der Waals surface area contributed by atoms with Gasteiger partial charge in [0.2, 0.25) is 0 Å². The highest BCUT2D eigenvalue weighted by Gasteiger charge is 2.20. The summed E-state index contributed by atoms with van der Waals surface area (Å²) >= 11 is 0. The Morgan fingerprint density at radius 1 is 1.32 bits per heavy atom. The first kappa shape index (κ1) is 15.1. The van der Waals surface area contributed by atoms with Crippen molar-refractivity contribution in [2.45, 2.75) is 58.4 Å². The predicted molar refractivity (Wildman–Crippen MR) is 83.4 cm³/mol. The highest BCUT2D eigenvalue weighted by Crippen LogP contribution is 2.27. The molecule has 0 bridgehead atoms. The van der Waals surface area contributed by atoms with Gasteiger partial charge in [0.15, 0.2) is 0 Å². The minimum Gasteiger partial charge on any atom is -0.315 e. The molecule has 110 valence electrons. The molecule has 0 saturated heterocycles. The average Bonchev–Trinajstić information content (AvgIpc) is 2.87. The number of nitrogens with one attached hydrogen (secondary N) is 1. The molecule has 2 atom stereocenters. The third kappa shape index (κ3) is 4.92. The molecule has 2 unspecified atom stereocenters. The summed E-state index contributed by atoms with van der Waals surface area (Å²) in [5.74, 6) is 1.64. The molecule has 19 heavy (non-hydrogen) atoms. The van der Waals surface area contributed by atoms with Crippen molar-refractivity contribution >= 4 is 0 Å². The van der Waals surface area contributed by atoms with Crippen LogP contribution in [-0.2, 0) is 0 Å². The van der Waals surface area contributed by atoms with Crippen LogP contribution < -0.4 is 5.32 Å². The van der Waals surface area contributed by atoms with Crippen molar-refractivity contribution in [1.82, 2.24) is 10.2 Å². The van der Waals surface area contributed by atoms with Gasteiger partial charge in [-0.3, -0.25) is 0 Å². The lowest BCUT2D eigenvalue weighted by molar-refractivity contribution is 0.242. The van der Waals surface area contributed by atoms with Crippen molar-refractivity contribution in [3.8, 4) is 0 Å². The van der Waals surface area contributed by atoms with Gasteiger partial charge in [0.05, 0.1) is 0 Å². The second-order valence-corrected chi connectivity index (χ2v) is 6.92. The van der Waals surface area contributed by atoms with Crippen LogP contribution >= 0.6 is 0 Å². The Labute approximate surface area is 119 Å². The number of hydrogen-bond acceptors (Lipinski definition) is 2. The number of allylic oxidation sites excluding steroid dienone is 2. The molecule has 2 aliphatic rings. The molecule has 0 aliphatic heterocycles. The van der Waals surface area contributed by atoms with Gasteiger partial charge in [-0.05, 0) is 58.0 Å². The molecule has 0 aromatic rings. The molecule has 2 rings (SSSR count). The molecule has 1 N–H and O–H groups in total. The number of hydrogen-bond donors (Lipinski definition) is 1.